The van der Waals surface area contributed by atoms with Gasteiger partial charge in [0.15, 0.2) is 5.82 Å². The number of nitrogens with two attached hydrogens (primary N) is 1. The third kappa shape index (κ3) is 1.63. The van der Waals surface area contributed by atoms with Gasteiger partial charge in [0.25, 0.3) is 0 Å². The van der Waals surface area contributed by atoms with Gasteiger partial charge < -0.3 is 5.73 Å². The Bertz CT molecular complexity index is 514. The van der Waals surface area contributed by atoms with Gasteiger partial charge in [0.05, 0.1) is 17.2 Å². The Kier molecular flexibility index (Phi) is 2.30. The highest BCUT2D eigenvalue weighted by Gasteiger charge is 2.09. The van der Waals surface area contributed by atoms with Crippen LogP contribution >= 0.6 is 0 Å². The van der Waals surface area contributed by atoms with Crippen molar-refractivity contribution in [3.05, 3.63) is 42.2 Å². The lowest BCUT2D eigenvalue weighted by Gasteiger charge is -2.04. The summed E-state index contributed by atoms with van der Waals surface area (Å²) < 4.78 is 0. The summed E-state index contributed by atoms with van der Waals surface area (Å²) in [6.07, 6.45) is 3.24. The molecule has 2 rings (SSSR count). The van der Waals surface area contributed by atoms with Crippen LogP contribution in [-0.2, 0) is 0 Å². The van der Waals surface area contributed by atoms with Crippen molar-refractivity contribution in [3.63, 3.8) is 0 Å². The van der Waals surface area contributed by atoms with Crippen molar-refractivity contribution in [2.24, 2.45) is 0 Å². The first-order chi connectivity index (χ1) is 7.33. The molecule has 0 amide bonds. The summed E-state index contributed by atoms with van der Waals surface area (Å²) in [7, 11) is 0. The number of benzene rings is 1. The highest BCUT2D eigenvalue weighted by molar-refractivity contribution is 5.77. The van der Waals surface area contributed by atoms with Crippen molar-refractivity contribution in [2.45, 2.75) is 0 Å². The molecule has 0 saturated heterocycles. The molecule has 1 aromatic heterocycles. The standard InChI is InChI=1S/C11H8N4/c12-7-8-3-1-4-9(13)10(8)11-14-5-2-6-15-11/h1-6H,13H2. The third-order valence-corrected chi connectivity index (χ3v) is 2.01. The minimum Gasteiger partial charge on any atom is -0.398 e. The van der Waals surface area contributed by atoms with E-state index in [1.165, 1.54) is 0 Å². The first-order valence-corrected chi connectivity index (χ1v) is 4.39. The molecule has 0 aliphatic rings. The van der Waals surface area contributed by atoms with E-state index >= 15 is 0 Å². The number of nitrogens with zero attached hydrogens (tertiary/aromatic N) is 3. The van der Waals surface area contributed by atoms with E-state index in [-0.39, 0.29) is 0 Å². The number of nitriles is 1. The lowest BCUT2D eigenvalue weighted by Crippen LogP contribution is -1.96. The molecule has 0 bridgehead atoms. The zero-order valence-electron chi connectivity index (χ0n) is 7.88. The van der Waals surface area contributed by atoms with Crippen LogP contribution in [0.2, 0.25) is 0 Å². The zero-order chi connectivity index (χ0) is 10.7. The van der Waals surface area contributed by atoms with Crippen LogP contribution in [0.15, 0.2) is 36.7 Å². The molecule has 2 N–H and O–H groups in total. The van der Waals surface area contributed by atoms with Gasteiger partial charge in [0.2, 0.25) is 0 Å². The van der Waals surface area contributed by atoms with Crippen LogP contribution in [0.5, 0.6) is 0 Å². The van der Waals surface area contributed by atoms with E-state index in [4.69, 9.17) is 11.0 Å². The van der Waals surface area contributed by atoms with Crippen molar-refractivity contribution in [2.75, 3.05) is 5.73 Å². The van der Waals surface area contributed by atoms with Crippen LogP contribution in [0.3, 0.4) is 0 Å². The Morgan fingerprint density at radius 2 is 1.87 bits per heavy atom. The molecule has 0 atom stereocenters. The lowest BCUT2D eigenvalue weighted by molar-refractivity contribution is 1.17. The molecule has 0 fully saturated rings. The molecule has 4 heteroatoms. The lowest BCUT2D eigenvalue weighted by atomic mass is 10.1. The maximum Gasteiger partial charge on any atom is 0.162 e. The molecule has 1 aromatic carbocycles. The third-order valence-electron chi connectivity index (χ3n) is 2.01. The molecule has 0 unspecified atom stereocenters. The highest BCUT2D eigenvalue weighted by atomic mass is 14.9. The summed E-state index contributed by atoms with van der Waals surface area (Å²) in [5.41, 5.74) is 7.40. The number of aromatic nitrogens is 2. The van der Waals surface area contributed by atoms with E-state index in [0.717, 1.165) is 0 Å². The second-order valence-electron chi connectivity index (χ2n) is 2.95. The second kappa shape index (κ2) is 3.76. The predicted octanol–water partition coefficient (Wildman–Crippen LogP) is 1.60. The Labute approximate surface area is 87.0 Å². The normalized spacial score (nSPS) is 9.53. The fourth-order valence-electron chi connectivity index (χ4n) is 1.34. The van der Waals surface area contributed by atoms with Gasteiger partial charge in [-0.25, -0.2) is 9.97 Å². The quantitative estimate of drug-likeness (QED) is 0.703. The molecule has 2 aromatic rings. The average Bonchev–Trinajstić information content (AvgIpc) is 2.29. The van der Waals surface area contributed by atoms with Crippen LogP contribution in [0.25, 0.3) is 11.4 Å². The van der Waals surface area contributed by atoms with Gasteiger partial charge >= 0.3 is 0 Å². The largest absolute Gasteiger partial charge is 0.398 e. The Hall–Kier alpha value is -2.41. The summed E-state index contributed by atoms with van der Waals surface area (Å²) in [5, 5.41) is 8.94. The van der Waals surface area contributed by atoms with E-state index in [0.29, 0.717) is 22.6 Å². The molecule has 0 saturated carbocycles. The van der Waals surface area contributed by atoms with Gasteiger partial charge in [0, 0.05) is 18.1 Å². The molecule has 4 nitrogen and oxygen atoms in total. The van der Waals surface area contributed by atoms with Crippen molar-refractivity contribution < 1.29 is 0 Å². The van der Waals surface area contributed by atoms with Gasteiger partial charge in [0.1, 0.15) is 0 Å². The van der Waals surface area contributed by atoms with Crippen molar-refractivity contribution in [3.8, 4) is 17.5 Å². The van der Waals surface area contributed by atoms with Crippen LogP contribution in [-0.4, -0.2) is 9.97 Å². The molecule has 0 aliphatic carbocycles. The molecule has 1 heterocycles. The topological polar surface area (TPSA) is 75.6 Å². The van der Waals surface area contributed by atoms with Gasteiger partial charge in [-0.3, -0.25) is 0 Å². The van der Waals surface area contributed by atoms with Crippen molar-refractivity contribution in [1.82, 2.24) is 9.97 Å². The first-order valence-electron chi connectivity index (χ1n) is 4.39. The van der Waals surface area contributed by atoms with Gasteiger partial charge in [-0.1, -0.05) is 6.07 Å². The minimum absolute atomic E-state index is 0.479. The summed E-state index contributed by atoms with van der Waals surface area (Å²) in [4.78, 5) is 8.15. The first kappa shape index (κ1) is 9.16. The van der Waals surface area contributed by atoms with Crippen LogP contribution in [0.1, 0.15) is 5.56 Å². The average molecular weight is 196 g/mol. The Morgan fingerprint density at radius 1 is 1.13 bits per heavy atom. The highest BCUT2D eigenvalue weighted by Crippen LogP contribution is 2.25. The van der Waals surface area contributed by atoms with Crippen LogP contribution < -0.4 is 5.73 Å². The fraction of sp³-hybridized carbons (Fsp3) is 0. The Balaban J connectivity index is 2.68. The number of anilines is 1. The van der Waals surface area contributed by atoms with Gasteiger partial charge in [-0.2, -0.15) is 5.26 Å². The van der Waals surface area contributed by atoms with E-state index in [1.54, 1.807) is 36.7 Å². The second-order valence-corrected chi connectivity index (χ2v) is 2.95. The number of hydrogen-bond acceptors (Lipinski definition) is 4. The number of hydrogen-bond donors (Lipinski definition) is 1. The molecule has 72 valence electrons. The molecule has 15 heavy (non-hydrogen) atoms. The van der Waals surface area contributed by atoms with Gasteiger partial charge in [-0.05, 0) is 18.2 Å². The van der Waals surface area contributed by atoms with Crippen molar-refractivity contribution in [1.29, 1.82) is 5.26 Å². The smallest absolute Gasteiger partial charge is 0.162 e. The summed E-state index contributed by atoms with van der Waals surface area (Å²) in [6, 6.07) is 8.95. The van der Waals surface area contributed by atoms with E-state index in [9.17, 15) is 0 Å². The van der Waals surface area contributed by atoms with E-state index in [1.807, 2.05) is 0 Å². The maximum absolute atomic E-state index is 8.94. The summed E-state index contributed by atoms with van der Waals surface area (Å²) in [5.74, 6) is 0.479. The van der Waals surface area contributed by atoms with Gasteiger partial charge in [-0.15, -0.1) is 0 Å². The number of nitrogen functional groups attached to an aromatic ring is 1. The summed E-state index contributed by atoms with van der Waals surface area (Å²) in [6.45, 7) is 0. The molecule has 0 aliphatic heterocycles. The fourth-order valence-corrected chi connectivity index (χ4v) is 1.34. The van der Waals surface area contributed by atoms with Crippen molar-refractivity contribution >= 4 is 5.69 Å². The number of rotatable bonds is 1. The SMILES string of the molecule is N#Cc1cccc(N)c1-c1ncccn1. The van der Waals surface area contributed by atoms with Crippen LogP contribution in [0, 0.1) is 11.3 Å². The predicted molar refractivity (Wildman–Crippen MR) is 56.6 cm³/mol. The maximum atomic E-state index is 8.94. The van der Waals surface area contributed by atoms with E-state index < -0.39 is 0 Å². The van der Waals surface area contributed by atoms with Crippen LogP contribution in [0.4, 0.5) is 5.69 Å². The van der Waals surface area contributed by atoms with E-state index in [2.05, 4.69) is 16.0 Å². The minimum atomic E-state index is 0.479. The Morgan fingerprint density at radius 3 is 2.53 bits per heavy atom. The summed E-state index contributed by atoms with van der Waals surface area (Å²) >= 11 is 0. The molecule has 0 spiro atoms. The monoisotopic (exact) mass is 196 g/mol. The zero-order valence-corrected chi connectivity index (χ0v) is 7.88. The molecular formula is C11H8N4. The molecule has 0 radical (unpaired) electrons. The molecular weight excluding hydrogens is 188 g/mol.